The first-order valence-electron chi connectivity index (χ1n) is 9.96. The minimum absolute atomic E-state index is 0.00568. The molecule has 0 heterocycles. The van der Waals surface area contributed by atoms with Crippen molar-refractivity contribution in [1.82, 2.24) is 4.72 Å². The molecular weight excluding hydrogens is 537 g/mol. The van der Waals surface area contributed by atoms with Gasteiger partial charge in [-0.3, -0.25) is 9.52 Å². The number of anilines is 2. The first-order chi connectivity index (χ1) is 16.4. The van der Waals surface area contributed by atoms with E-state index in [-0.39, 0.29) is 20.6 Å². The summed E-state index contributed by atoms with van der Waals surface area (Å²) in [4.78, 5) is 12.3. The molecule has 0 aromatic heterocycles. The van der Waals surface area contributed by atoms with Gasteiger partial charge in [0.25, 0.3) is 15.9 Å². The summed E-state index contributed by atoms with van der Waals surface area (Å²) in [5, 5.41) is 3.04. The van der Waals surface area contributed by atoms with E-state index in [1.165, 1.54) is 49.5 Å². The smallest absolute Gasteiger partial charge is 0.262 e. The Bertz CT molecular complexity index is 1460. The third-order valence-corrected chi connectivity index (χ3v) is 8.07. The molecule has 3 rings (SSSR count). The molecule has 1 amide bonds. The summed E-state index contributed by atoms with van der Waals surface area (Å²) >= 11 is 12.0. The van der Waals surface area contributed by atoms with E-state index in [4.69, 9.17) is 27.9 Å². The van der Waals surface area contributed by atoms with Gasteiger partial charge in [0.2, 0.25) is 10.0 Å². The average Bonchev–Trinajstić information content (AvgIpc) is 2.81. The van der Waals surface area contributed by atoms with E-state index < -0.39 is 32.6 Å². The number of carbonyl (C=O) groups is 1. The van der Waals surface area contributed by atoms with Gasteiger partial charge < -0.3 is 10.1 Å². The first kappa shape index (κ1) is 26.8. The molecule has 0 spiro atoms. The summed E-state index contributed by atoms with van der Waals surface area (Å²) in [5.41, 5.74) is 1.27. The molecule has 186 valence electrons. The topological polar surface area (TPSA) is 131 Å². The zero-order valence-corrected chi connectivity index (χ0v) is 21.6. The molecule has 0 saturated carbocycles. The van der Waals surface area contributed by atoms with Crippen LogP contribution in [0.5, 0.6) is 5.75 Å². The van der Waals surface area contributed by atoms with Gasteiger partial charge in [-0.25, -0.2) is 21.6 Å². The first-order valence-corrected chi connectivity index (χ1v) is 13.7. The van der Waals surface area contributed by atoms with E-state index in [0.29, 0.717) is 22.0 Å². The number of sulfonamides is 2. The summed E-state index contributed by atoms with van der Waals surface area (Å²) in [6.45, 7) is 1.26. The van der Waals surface area contributed by atoms with Crippen LogP contribution in [0.25, 0.3) is 0 Å². The maximum atomic E-state index is 12.6. The molecule has 0 aliphatic heterocycles. The van der Waals surface area contributed by atoms with E-state index in [1.807, 2.05) is 0 Å². The van der Waals surface area contributed by atoms with E-state index >= 15 is 0 Å². The minimum Gasteiger partial charge on any atom is -0.482 e. The number of aryl methyl sites for hydroxylation is 1. The highest BCUT2D eigenvalue weighted by molar-refractivity contribution is 7.92. The number of halogens is 2. The number of rotatable bonds is 9. The Morgan fingerprint density at radius 2 is 1.51 bits per heavy atom. The molecule has 0 unspecified atom stereocenters. The molecule has 3 aromatic carbocycles. The van der Waals surface area contributed by atoms with E-state index in [9.17, 15) is 21.6 Å². The quantitative estimate of drug-likeness (QED) is 0.364. The van der Waals surface area contributed by atoms with Crippen molar-refractivity contribution < 1.29 is 26.4 Å². The Labute approximate surface area is 213 Å². The monoisotopic (exact) mass is 557 g/mol. The van der Waals surface area contributed by atoms with Crippen molar-refractivity contribution in [3.05, 3.63) is 76.3 Å². The molecule has 0 atom stereocenters. The average molecular weight is 558 g/mol. The summed E-state index contributed by atoms with van der Waals surface area (Å²) in [7, 11) is -6.32. The fourth-order valence-electron chi connectivity index (χ4n) is 2.85. The predicted octanol–water partition coefficient (Wildman–Crippen LogP) is 4.03. The van der Waals surface area contributed by atoms with Crippen LogP contribution in [0.4, 0.5) is 11.4 Å². The third-order valence-electron chi connectivity index (χ3n) is 4.73. The largest absolute Gasteiger partial charge is 0.482 e. The fraction of sp³-hybridized carbons (Fsp3) is 0.136. The number of amides is 1. The van der Waals surface area contributed by atoms with Crippen molar-refractivity contribution in [2.45, 2.75) is 16.7 Å². The van der Waals surface area contributed by atoms with Gasteiger partial charge in [0, 0.05) is 16.4 Å². The van der Waals surface area contributed by atoms with Crippen LogP contribution in [0.3, 0.4) is 0 Å². The lowest BCUT2D eigenvalue weighted by Crippen LogP contribution is -2.22. The lowest BCUT2D eigenvalue weighted by Gasteiger charge is -2.13. The lowest BCUT2D eigenvalue weighted by atomic mass is 10.2. The molecule has 0 aliphatic carbocycles. The van der Waals surface area contributed by atoms with Gasteiger partial charge in [-0.2, -0.15) is 0 Å². The van der Waals surface area contributed by atoms with Crippen LogP contribution in [-0.2, 0) is 24.8 Å². The van der Waals surface area contributed by atoms with Gasteiger partial charge in [0.1, 0.15) is 5.75 Å². The molecule has 35 heavy (non-hydrogen) atoms. The third kappa shape index (κ3) is 6.86. The van der Waals surface area contributed by atoms with Crippen LogP contribution < -0.4 is 19.5 Å². The Morgan fingerprint density at radius 1 is 0.886 bits per heavy atom. The standard InChI is InChI=1S/C22H21Cl2N3O6S2/c1-14-3-8-18(34(29,30)25-2)12-20(14)26-22(28)13-33-21-10-9-17(11-19(21)24)35(31,32)27-16-6-4-15(23)5-7-16/h3-12,25,27H,13H2,1-2H3,(H,26,28). The normalized spacial score (nSPS) is 11.7. The Hall–Kier alpha value is -2.83. The van der Waals surface area contributed by atoms with Crippen molar-refractivity contribution in [2.24, 2.45) is 0 Å². The second kappa shape index (κ2) is 10.8. The van der Waals surface area contributed by atoms with Crippen molar-refractivity contribution >= 4 is 60.5 Å². The van der Waals surface area contributed by atoms with Crippen LogP contribution in [0.2, 0.25) is 10.0 Å². The zero-order valence-electron chi connectivity index (χ0n) is 18.5. The number of hydrogen-bond acceptors (Lipinski definition) is 6. The Kier molecular flexibility index (Phi) is 8.29. The molecule has 0 fully saturated rings. The summed E-state index contributed by atoms with van der Waals surface area (Å²) in [5.74, 6) is -0.472. The maximum Gasteiger partial charge on any atom is 0.262 e. The lowest BCUT2D eigenvalue weighted by molar-refractivity contribution is -0.118. The fourth-order valence-corrected chi connectivity index (χ4v) is 5.11. The maximum absolute atomic E-state index is 12.6. The number of hydrogen-bond donors (Lipinski definition) is 3. The summed E-state index contributed by atoms with van der Waals surface area (Å²) in [6, 6.07) is 14.3. The molecule has 0 aliphatic rings. The van der Waals surface area contributed by atoms with Gasteiger partial charge in [-0.15, -0.1) is 0 Å². The highest BCUT2D eigenvalue weighted by Crippen LogP contribution is 2.29. The molecule has 9 nitrogen and oxygen atoms in total. The molecule has 0 saturated heterocycles. The number of ether oxygens (including phenoxy) is 1. The highest BCUT2D eigenvalue weighted by Gasteiger charge is 2.18. The van der Waals surface area contributed by atoms with Gasteiger partial charge in [0.15, 0.2) is 6.61 Å². The molecule has 3 aromatic rings. The van der Waals surface area contributed by atoms with Crippen molar-refractivity contribution in [3.63, 3.8) is 0 Å². The van der Waals surface area contributed by atoms with Crippen LogP contribution in [-0.4, -0.2) is 36.4 Å². The molecular formula is C22H21Cl2N3O6S2. The molecule has 3 N–H and O–H groups in total. The van der Waals surface area contributed by atoms with Crippen molar-refractivity contribution in [1.29, 1.82) is 0 Å². The molecule has 13 heteroatoms. The van der Waals surface area contributed by atoms with E-state index in [0.717, 1.165) is 0 Å². The SMILES string of the molecule is CNS(=O)(=O)c1ccc(C)c(NC(=O)COc2ccc(S(=O)(=O)Nc3ccc(Cl)cc3)cc2Cl)c1. The summed E-state index contributed by atoms with van der Waals surface area (Å²) < 4.78 is 59.3. The minimum atomic E-state index is -3.93. The van der Waals surface area contributed by atoms with Gasteiger partial charge >= 0.3 is 0 Å². The summed E-state index contributed by atoms with van der Waals surface area (Å²) in [6.07, 6.45) is 0. The second-order valence-electron chi connectivity index (χ2n) is 7.23. The Morgan fingerprint density at radius 3 is 2.14 bits per heavy atom. The van der Waals surface area contributed by atoms with Crippen molar-refractivity contribution in [3.8, 4) is 5.75 Å². The van der Waals surface area contributed by atoms with E-state index in [2.05, 4.69) is 14.8 Å². The van der Waals surface area contributed by atoms with Gasteiger partial charge in [-0.05, 0) is 74.1 Å². The Balaban J connectivity index is 1.67. The predicted molar refractivity (Wildman–Crippen MR) is 135 cm³/mol. The highest BCUT2D eigenvalue weighted by atomic mass is 35.5. The van der Waals surface area contributed by atoms with Crippen LogP contribution >= 0.6 is 23.2 Å². The van der Waals surface area contributed by atoms with Crippen LogP contribution in [0, 0.1) is 6.92 Å². The number of benzene rings is 3. The van der Waals surface area contributed by atoms with Crippen LogP contribution in [0.1, 0.15) is 5.56 Å². The van der Waals surface area contributed by atoms with E-state index in [1.54, 1.807) is 25.1 Å². The van der Waals surface area contributed by atoms with Gasteiger partial charge in [0.05, 0.1) is 14.8 Å². The molecule has 0 radical (unpaired) electrons. The van der Waals surface area contributed by atoms with Crippen molar-refractivity contribution in [2.75, 3.05) is 23.7 Å². The zero-order chi connectivity index (χ0) is 25.8. The van der Waals surface area contributed by atoms with Gasteiger partial charge in [-0.1, -0.05) is 29.3 Å². The number of carbonyl (C=O) groups excluding carboxylic acids is 1. The second-order valence-corrected chi connectivity index (χ2v) is 11.6. The number of nitrogens with one attached hydrogen (secondary N) is 3. The van der Waals surface area contributed by atoms with Crippen LogP contribution in [0.15, 0.2) is 70.5 Å². The molecule has 0 bridgehead atoms.